The Hall–Kier alpha value is -2.24. The molecule has 0 aliphatic carbocycles. The Morgan fingerprint density at radius 3 is 2.89 bits per heavy atom. The number of aromatic amines is 1. The van der Waals surface area contributed by atoms with Gasteiger partial charge in [0.05, 0.1) is 23.1 Å². The summed E-state index contributed by atoms with van der Waals surface area (Å²) in [6.07, 6.45) is 1.30. The molecule has 8 heteroatoms. The normalized spacial score (nSPS) is 11.2. The average molecular weight is 277 g/mol. The van der Waals surface area contributed by atoms with E-state index in [9.17, 15) is 8.42 Å². The molecule has 0 fully saturated rings. The number of nitrogens with one attached hydrogen (secondary N) is 2. The molecule has 7 nitrogen and oxygen atoms in total. The van der Waals surface area contributed by atoms with Crippen molar-refractivity contribution in [3.05, 3.63) is 41.5 Å². The summed E-state index contributed by atoms with van der Waals surface area (Å²) < 4.78 is 26.7. The van der Waals surface area contributed by atoms with Crippen LogP contribution < -0.4 is 4.72 Å². The lowest BCUT2D eigenvalue weighted by molar-refractivity contribution is 0.578. The molecule has 0 unspecified atom stereocenters. The van der Waals surface area contributed by atoms with Crippen molar-refractivity contribution in [2.75, 3.05) is 0 Å². The van der Waals surface area contributed by atoms with Gasteiger partial charge in [0.2, 0.25) is 10.0 Å². The minimum Gasteiger partial charge on any atom is -0.262 e. The predicted octanol–water partition coefficient (Wildman–Crippen LogP) is 0.463. The largest absolute Gasteiger partial charge is 0.262 e. The van der Waals surface area contributed by atoms with Gasteiger partial charge in [-0.05, 0) is 24.6 Å². The molecule has 0 saturated heterocycles. The molecule has 19 heavy (non-hydrogen) atoms. The van der Waals surface area contributed by atoms with E-state index in [1.165, 1.54) is 12.4 Å². The molecule has 0 aliphatic rings. The summed E-state index contributed by atoms with van der Waals surface area (Å²) in [7, 11) is -3.69. The molecule has 1 heterocycles. The highest BCUT2D eigenvalue weighted by Gasteiger charge is 2.17. The van der Waals surface area contributed by atoms with Crippen molar-refractivity contribution < 1.29 is 8.42 Å². The van der Waals surface area contributed by atoms with Gasteiger partial charge in [0.1, 0.15) is 12.2 Å². The number of aryl methyl sites for hydroxylation is 1. The summed E-state index contributed by atoms with van der Waals surface area (Å²) >= 11 is 0. The molecule has 2 N–H and O–H groups in total. The lowest BCUT2D eigenvalue weighted by Gasteiger charge is -2.08. The first kappa shape index (κ1) is 13.2. The number of benzene rings is 1. The molecule has 2 rings (SSSR count). The Labute approximate surface area is 110 Å². The van der Waals surface area contributed by atoms with Crippen molar-refractivity contribution in [3.8, 4) is 6.07 Å². The van der Waals surface area contributed by atoms with Gasteiger partial charge in [-0.3, -0.25) is 5.10 Å². The lowest BCUT2D eigenvalue weighted by Crippen LogP contribution is -2.24. The van der Waals surface area contributed by atoms with Gasteiger partial charge >= 0.3 is 0 Å². The highest BCUT2D eigenvalue weighted by atomic mass is 32.2. The molecule has 0 saturated carbocycles. The fourth-order valence-electron chi connectivity index (χ4n) is 1.52. The number of hydrogen-bond acceptors (Lipinski definition) is 5. The zero-order chi connectivity index (χ0) is 13.9. The number of rotatable bonds is 4. The number of nitriles is 1. The summed E-state index contributed by atoms with van der Waals surface area (Å²) in [4.78, 5) is 3.91. The smallest absolute Gasteiger partial charge is 0.241 e. The Kier molecular flexibility index (Phi) is 3.59. The number of aromatic nitrogens is 3. The van der Waals surface area contributed by atoms with Crippen LogP contribution in [0.15, 0.2) is 29.4 Å². The summed E-state index contributed by atoms with van der Waals surface area (Å²) in [5.74, 6) is 0.415. The molecular weight excluding hydrogens is 266 g/mol. The predicted molar refractivity (Wildman–Crippen MR) is 66.3 cm³/mol. The van der Waals surface area contributed by atoms with E-state index in [0.717, 1.165) is 0 Å². The third-order valence-corrected chi connectivity index (χ3v) is 4.04. The SMILES string of the molecule is Cc1ccc(C#N)cc1S(=O)(=O)NCc1ncn[nH]1. The summed E-state index contributed by atoms with van der Waals surface area (Å²) in [5.41, 5.74) is 0.870. The van der Waals surface area contributed by atoms with Gasteiger partial charge in [-0.1, -0.05) is 6.07 Å². The highest BCUT2D eigenvalue weighted by Crippen LogP contribution is 2.16. The van der Waals surface area contributed by atoms with Crippen molar-refractivity contribution >= 4 is 10.0 Å². The molecule has 0 bridgehead atoms. The van der Waals surface area contributed by atoms with Crippen LogP contribution in [0.3, 0.4) is 0 Å². The van der Waals surface area contributed by atoms with Gasteiger partial charge in [-0.25, -0.2) is 18.1 Å². The molecular formula is C11H11N5O2S. The van der Waals surface area contributed by atoms with E-state index in [1.54, 1.807) is 19.1 Å². The molecule has 98 valence electrons. The van der Waals surface area contributed by atoms with Crippen LogP contribution in [0.4, 0.5) is 0 Å². The summed E-state index contributed by atoms with van der Waals surface area (Å²) in [6.45, 7) is 1.68. The Morgan fingerprint density at radius 1 is 1.47 bits per heavy atom. The second-order valence-corrected chi connectivity index (χ2v) is 5.58. The monoisotopic (exact) mass is 277 g/mol. The van der Waals surface area contributed by atoms with Crippen molar-refractivity contribution in [3.63, 3.8) is 0 Å². The van der Waals surface area contributed by atoms with E-state index in [-0.39, 0.29) is 11.4 Å². The van der Waals surface area contributed by atoms with Crippen LogP contribution >= 0.6 is 0 Å². The zero-order valence-electron chi connectivity index (χ0n) is 10.1. The fourth-order valence-corrected chi connectivity index (χ4v) is 2.77. The van der Waals surface area contributed by atoms with Gasteiger partial charge in [0.25, 0.3) is 0 Å². The molecule has 0 aliphatic heterocycles. The van der Waals surface area contributed by atoms with Crippen molar-refractivity contribution in [1.29, 1.82) is 5.26 Å². The van der Waals surface area contributed by atoms with Crippen molar-refractivity contribution in [2.45, 2.75) is 18.4 Å². The van der Waals surface area contributed by atoms with Crippen LogP contribution in [0.2, 0.25) is 0 Å². The maximum atomic E-state index is 12.1. The Balaban J connectivity index is 2.27. The van der Waals surface area contributed by atoms with E-state index in [4.69, 9.17) is 5.26 Å². The topological polar surface area (TPSA) is 112 Å². The number of hydrogen-bond donors (Lipinski definition) is 2. The summed E-state index contributed by atoms with van der Waals surface area (Å²) in [5, 5.41) is 15.0. The van der Waals surface area contributed by atoms with Crippen molar-refractivity contribution in [2.24, 2.45) is 0 Å². The first-order valence-corrected chi connectivity index (χ1v) is 6.86. The van der Waals surface area contributed by atoms with Gasteiger partial charge in [0, 0.05) is 0 Å². The maximum absolute atomic E-state index is 12.1. The van der Waals surface area contributed by atoms with Crippen LogP contribution in [0.1, 0.15) is 17.0 Å². The number of H-pyrrole nitrogens is 1. The Morgan fingerprint density at radius 2 is 2.26 bits per heavy atom. The van der Waals surface area contributed by atoms with Gasteiger partial charge in [0.15, 0.2) is 0 Å². The van der Waals surface area contributed by atoms with Crippen LogP contribution in [-0.2, 0) is 16.6 Å². The summed E-state index contributed by atoms with van der Waals surface area (Å²) in [6, 6.07) is 6.43. The molecule has 1 aromatic heterocycles. The van der Waals surface area contributed by atoms with Crippen LogP contribution in [0.5, 0.6) is 0 Å². The molecule has 0 atom stereocenters. The lowest BCUT2D eigenvalue weighted by atomic mass is 10.2. The maximum Gasteiger partial charge on any atom is 0.241 e. The fraction of sp³-hybridized carbons (Fsp3) is 0.182. The minimum atomic E-state index is -3.69. The van der Waals surface area contributed by atoms with E-state index in [0.29, 0.717) is 17.0 Å². The molecule has 2 aromatic rings. The van der Waals surface area contributed by atoms with E-state index in [2.05, 4.69) is 19.9 Å². The van der Waals surface area contributed by atoms with Crippen LogP contribution in [-0.4, -0.2) is 23.6 Å². The van der Waals surface area contributed by atoms with E-state index < -0.39 is 10.0 Å². The standard InChI is InChI=1S/C11H11N5O2S/c1-8-2-3-9(5-12)4-10(8)19(17,18)15-6-11-13-7-14-16-11/h2-4,7,15H,6H2,1H3,(H,13,14,16). The number of sulfonamides is 1. The highest BCUT2D eigenvalue weighted by molar-refractivity contribution is 7.89. The zero-order valence-corrected chi connectivity index (χ0v) is 10.9. The second-order valence-electron chi connectivity index (χ2n) is 3.85. The van der Waals surface area contributed by atoms with E-state index >= 15 is 0 Å². The van der Waals surface area contributed by atoms with Crippen LogP contribution in [0, 0.1) is 18.3 Å². The van der Waals surface area contributed by atoms with E-state index in [1.807, 2.05) is 6.07 Å². The van der Waals surface area contributed by atoms with Gasteiger partial charge in [-0.15, -0.1) is 0 Å². The average Bonchev–Trinajstić information content (AvgIpc) is 2.90. The quantitative estimate of drug-likeness (QED) is 0.843. The first-order valence-electron chi connectivity index (χ1n) is 5.37. The molecule has 0 spiro atoms. The first-order chi connectivity index (χ1) is 9.03. The molecule has 1 aromatic carbocycles. The molecule has 0 amide bonds. The van der Waals surface area contributed by atoms with Crippen LogP contribution in [0.25, 0.3) is 0 Å². The third kappa shape index (κ3) is 2.96. The van der Waals surface area contributed by atoms with Gasteiger partial charge in [-0.2, -0.15) is 10.4 Å². The second kappa shape index (κ2) is 5.17. The number of nitrogens with zero attached hydrogens (tertiary/aromatic N) is 3. The Bertz CT molecular complexity index is 716. The third-order valence-electron chi connectivity index (χ3n) is 2.50. The minimum absolute atomic E-state index is 0.0125. The molecule has 0 radical (unpaired) electrons. The van der Waals surface area contributed by atoms with Crippen molar-refractivity contribution in [1.82, 2.24) is 19.9 Å². The van der Waals surface area contributed by atoms with Gasteiger partial charge < -0.3 is 0 Å².